The van der Waals surface area contributed by atoms with Crippen molar-refractivity contribution in [2.45, 2.75) is 32.4 Å². The van der Waals surface area contributed by atoms with E-state index in [9.17, 15) is 13.6 Å². The normalized spacial score (nSPS) is 13.9. The molecule has 7 nitrogen and oxygen atoms in total. The molecule has 0 bridgehead atoms. The molecule has 1 fully saturated rings. The molecule has 4 aromatic rings. The molecule has 0 spiro atoms. The van der Waals surface area contributed by atoms with E-state index in [0.717, 1.165) is 43.4 Å². The van der Waals surface area contributed by atoms with Crippen LogP contribution < -0.4 is 10.1 Å². The molecule has 5 rings (SSSR count). The largest absolute Gasteiger partial charge is 0.457 e. The summed E-state index contributed by atoms with van der Waals surface area (Å²) in [5, 5.41) is 7.22. The first-order valence-electron chi connectivity index (χ1n) is 12.1. The summed E-state index contributed by atoms with van der Waals surface area (Å²) in [5.74, 6) is -0.672. The number of halogens is 2. The van der Waals surface area contributed by atoms with Crippen molar-refractivity contribution in [1.29, 1.82) is 0 Å². The number of ether oxygens (including phenoxy) is 2. The van der Waals surface area contributed by atoms with Gasteiger partial charge in [-0.05, 0) is 55.7 Å². The van der Waals surface area contributed by atoms with E-state index in [2.05, 4.69) is 15.4 Å². The minimum absolute atomic E-state index is 0.00663. The molecule has 1 aliphatic heterocycles. The Bertz CT molecular complexity index is 1400. The fourth-order valence-electron chi connectivity index (χ4n) is 4.34. The van der Waals surface area contributed by atoms with E-state index in [-0.39, 0.29) is 12.5 Å². The first kappa shape index (κ1) is 24.6. The van der Waals surface area contributed by atoms with Crippen LogP contribution in [0.3, 0.4) is 0 Å². The average molecular weight is 505 g/mol. The summed E-state index contributed by atoms with van der Waals surface area (Å²) in [6.07, 6.45) is 7.31. The number of hydrogen-bond acceptors (Lipinski definition) is 5. The number of amides is 1. The molecule has 0 radical (unpaired) electrons. The number of aromatic nitrogens is 3. The molecule has 37 heavy (non-hydrogen) atoms. The van der Waals surface area contributed by atoms with Crippen molar-refractivity contribution in [1.82, 2.24) is 20.1 Å². The Labute approximate surface area is 213 Å². The quantitative estimate of drug-likeness (QED) is 0.354. The van der Waals surface area contributed by atoms with Gasteiger partial charge in [-0.2, -0.15) is 5.10 Å². The summed E-state index contributed by atoms with van der Waals surface area (Å²) in [7, 11) is 0. The molecule has 1 saturated heterocycles. The van der Waals surface area contributed by atoms with Gasteiger partial charge < -0.3 is 14.8 Å². The second-order valence-electron chi connectivity index (χ2n) is 8.92. The van der Waals surface area contributed by atoms with Gasteiger partial charge in [0.15, 0.2) is 0 Å². The van der Waals surface area contributed by atoms with E-state index in [1.807, 2.05) is 16.9 Å². The van der Waals surface area contributed by atoms with Crippen LogP contribution in [0.1, 0.15) is 40.4 Å². The lowest BCUT2D eigenvalue weighted by molar-refractivity contribution is 0.0662. The monoisotopic (exact) mass is 504 g/mol. The predicted octanol–water partition coefficient (Wildman–Crippen LogP) is 5.61. The smallest absolute Gasteiger partial charge is 0.251 e. The van der Waals surface area contributed by atoms with Crippen LogP contribution in [0.2, 0.25) is 0 Å². The predicted molar refractivity (Wildman–Crippen MR) is 133 cm³/mol. The van der Waals surface area contributed by atoms with E-state index in [0.29, 0.717) is 34.2 Å². The first-order chi connectivity index (χ1) is 18.0. The number of nitrogens with zero attached hydrogens (tertiary/aromatic N) is 3. The molecule has 0 atom stereocenters. The summed E-state index contributed by atoms with van der Waals surface area (Å²) in [6, 6.07) is 12.2. The molecule has 2 aromatic carbocycles. The summed E-state index contributed by atoms with van der Waals surface area (Å²) in [5.41, 5.74) is 2.98. The van der Waals surface area contributed by atoms with Gasteiger partial charge >= 0.3 is 0 Å². The molecule has 190 valence electrons. The summed E-state index contributed by atoms with van der Waals surface area (Å²) in [4.78, 5) is 17.3. The Morgan fingerprint density at radius 2 is 1.92 bits per heavy atom. The Hall–Kier alpha value is -4.11. The molecular weight excluding hydrogens is 478 g/mol. The maximum Gasteiger partial charge on any atom is 0.251 e. The van der Waals surface area contributed by atoms with Crippen LogP contribution in [-0.2, 0) is 11.3 Å². The van der Waals surface area contributed by atoms with Gasteiger partial charge in [-0.15, -0.1) is 0 Å². The van der Waals surface area contributed by atoms with Gasteiger partial charge in [0.05, 0.1) is 17.9 Å². The zero-order valence-electron chi connectivity index (χ0n) is 20.3. The van der Waals surface area contributed by atoms with Crippen molar-refractivity contribution in [3.63, 3.8) is 0 Å². The van der Waals surface area contributed by atoms with Crippen LogP contribution in [0.4, 0.5) is 8.78 Å². The van der Waals surface area contributed by atoms with Gasteiger partial charge in [0.2, 0.25) is 0 Å². The fourth-order valence-corrected chi connectivity index (χ4v) is 4.34. The Morgan fingerprint density at radius 1 is 1.14 bits per heavy atom. The summed E-state index contributed by atoms with van der Waals surface area (Å²) in [6.45, 7) is 3.25. The van der Waals surface area contributed by atoms with Crippen LogP contribution in [0.15, 0.2) is 67.1 Å². The van der Waals surface area contributed by atoms with Crippen molar-refractivity contribution in [2.24, 2.45) is 0 Å². The lowest BCUT2D eigenvalue weighted by Gasteiger charge is -2.22. The number of carbonyl (C=O) groups is 1. The molecule has 0 unspecified atom stereocenters. The van der Waals surface area contributed by atoms with Crippen LogP contribution in [0, 0.1) is 18.6 Å². The molecule has 3 heterocycles. The molecule has 1 amide bonds. The van der Waals surface area contributed by atoms with Crippen molar-refractivity contribution in [3.05, 3.63) is 95.4 Å². The van der Waals surface area contributed by atoms with Gasteiger partial charge in [0.1, 0.15) is 23.1 Å². The highest BCUT2D eigenvalue weighted by atomic mass is 19.1. The van der Waals surface area contributed by atoms with E-state index in [4.69, 9.17) is 9.47 Å². The number of benzene rings is 2. The minimum atomic E-state index is -0.691. The van der Waals surface area contributed by atoms with Crippen molar-refractivity contribution in [3.8, 4) is 22.8 Å². The number of pyridine rings is 1. The number of rotatable bonds is 7. The van der Waals surface area contributed by atoms with Gasteiger partial charge in [0.25, 0.3) is 5.91 Å². The lowest BCUT2D eigenvalue weighted by atomic mass is 10.1. The first-order valence-corrected chi connectivity index (χ1v) is 12.1. The fraction of sp³-hybridized carbons (Fsp3) is 0.250. The molecule has 2 aromatic heterocycles. The number of nitrogens with one attached hydrogen (secondary N) is 1. The minimum Gasteiger partial charge on any atom is -0.457 e. The molecule has 0 aliphatic carbocycles. The maximum absolute atomic E-state index is 13.4. The molecule has 9 heteroatoms. The zero-order chi connectivity index (χ0) is 25.8. The molecule has 1 aliphatic rings. The molecule has 1 N–H and O–H groups in total. The molecule has 0 saturated carbocycles. The maximum atomic E-state index is 13.4. The molecular formula is C28H26F2N4O3. The third-order valence-electron chi connectivity index (χ3n) is 6.33. The standard InChI is InChI=1S/C28H26F2N4O3/c1-18-25(28(35)32-15-19-11-21(29)13-22(30)12-19)3-2-4-27(18)37-24-5-8-31-26(14-24)20-16-33-34(17-20)23-6-9-36-10-7-23/h2-5,8,11-14,16-17,23H,6-7,9-10,15H2,1H3,(H,32,35). The van der Waals surface area contributed by atoms with Gasteiger partial charge in [-0.3, -0.25) is 14.5 Å². The van der Waals surface area contributed by atoms with Crippen molar-refractivity contribution >= 4 is 5.91 Å². The Balaban J connectivity index is 1.29. The number of carbonyl (C=O) groups excluding carboxylic acids is 1. The van der Waals surface area contributed by atoms with Crippen molar-refractivity contribution < 1.29 is 23.0 Å². The van der Waals surface area contributed by atoms with Crippen LogP contribution in [0.25, 0.3) is 11.3 Å². The average Bonchev–Trinajstić information content (AvgIpc) is 3.39. The Kier molecular flexibility index (Phi) is 7.23. The van der Waals surface area contributed by atoms with E-state index >= 15 is 0 Å². The summed E-state index contributed by atoms with van der Waals surface area (Å²) < 4.78 is 40.4. The zero-order valence-corrected chi connectivity index (χ0v) is 20.3. The number of hydrogen-bond donors (Lipinski definition) is 1. The third kappa shape index (κ3) is 5.83. The van der Waals surface area contributed by atoms with Crippen molar-refractivity contribution in [2.75, 3.05) is 13.2 Å². The topological polar surface area (TPSA) is 78.3 Å². The summed E-state index contributed by atoms with van der Waals surface area (Å²) >= 11 is 0. The van der Waals surface area contributed by atoms with Crippen LogP contribution >= 0.6 is 0 Å². The van der Waals surface area contributed by atoms with Crippen LogP contribution in [-0.4, -0.2) is 33.9 Å². The lowest BCUT2D eigenvalue weighted by Crippen LogP contribution is -2.23. The highest BCUT2D eigenvalue weighted by molar-refractivity contribution is 5.96. The van der Waals surface area contributed by atoms with Gasteiger partial charge in [-0.25, -0.2) is 8.78 Å². The highest BCUT2D eigenvalue weighted by Gasteiger charge is 2.18. The third-order valence-corrected chi connectivity index (χ3v) is 6.33. The van der Waals surface area contributed by atoms with Crippen LogP contribution in [0.5, 0.6) is 11.5 Å². The Morgan fingerprint density at radius 3 is 2.70 bits per heavy atom. The van der Waals surface area contributed by atoms with E-state index in [1.54, 1.807) is 43.6 Å². The second kappa shape index (κ2) is 10.9. The van der Waals surface area contributed by atoms with Gasteiger partial charge in [0, 0.05) is 61.0 Å². The highest BCUT2D eigenvalue weighted by Crippen LogP contribution is 2.30. The van der Waals surface area contributed by atoms with E-state index in [1.165, 1.54) is 12.1 Å². The van der Waals surface area contributed by atoms with E-state index < -0.39 is 11.6 Å². The SMILES string of the molecule is Cc1c(Oc2ccnc(-c3cnn(C4CCOCC4)c3)c2)cccc1C(=O)NCc1cc(F)cc(F)c1. The second-order valence-corrected chi connectivity index (χ2v) is 8.92. The van der Waals surface area contributed by atoms with Gasteiger partial charge in [-0.1, -0.05) is 6.07 Å².